The lowest BCUT2D eigenvalue weighted by atomic mass is 10.0. The van der Waals surface area contributed by atoms with Crippen molar-refractivity contribution in [2.75, 3.05) is 42.1 Å². The zero-order valence-electron chi connectivity index (χ0n) is 22.5. The van der Waals surface area contributed by atoms with Crippen LogP contribution in [0.3, 0.4) is 0 Å². The number of hydrogen-bond acceptors (Lipinski definition) is 5. The Balaban J connectivity index is 1.26. The highest BCUT2D eigenvalue weighted by molar-refractivity contribution is 6.12. The maximum atomic E-state index is 13.3. The van der Waals surface area contributed by atoms with Gasteiger partial charge in [0.15, 0.2) is 5.78 Å². The van der Waals surface area contributed by atoms with E-state index in [0.717, 1.165) is 44.0 Å². The Morgan fingerprint density at radius 3 is 2.35 bits per heavy atom. The summed E-state index contributed by atoms with van der Waals surface area (Å²) in [6.07, 6.45) is 0.0772. The number of piperidine rings is 1. The predicted molar refractivity (Wildman–Crippen MR) is 152 cm³/mol. The molecule has 0 radical (unpaired) electrons. The first-order chi connectivity index (χ1) is 19.2. The molecule has 2 aliphatic rings. The van der Waals surface area contributed by atoms with Crippen LogP contribution in [0.15, 0.2) is 54.6 Å². The highest BCUT2D eigenvalue weighted by Gasteiger charge is 2.31. The smallest absolute Gasteiger partial charge is 0.384 e. The molecule has 1 amide bonds. The third-order valence-electron chi connectivity index (χ3n) is 7.48. The van der Waals surface area contributed by atoms with Gasteiger partial charge in [0, 0.05) is 47.7 Å². The number of carbonyl (C=O) groups excluding carboxylic acids is 2. The second-order valence-electron chi connectivity index (χ2n) is 10.5. The Hall–Kier alpha value is -3.85. The van der Waals surface area contributed by atoms with Gasteiger partial charge in [-0.05, 0) is 105 Å². The minimum atomic E-state index is -4.46. The Bertz CT molecular complexity index is 1400. The van der Waals surface area contributed by atoms with Crippen molar-refractivity contribution in [1.29, 1.82) is 0 Å². The number of halogens is 3. The second-order valence-corrected chi connectivity index (χ2v) is 10.5. The first-order valence-corrected chi connectivity index (χ1v) is 13.7. The molecule has 1 saturated heterocycles. The molecule has 1 aliphatic heterocycles. The maximum absolute atomic E-state index is 13.3. The van der Waals surface area contributed by atoms with Crippen molar-refractivity contribution in [1.82, 2.24) is 4.90 Å². The first-order valence-electron chi connectivity index (χ1n) is 13.7. The fourth-order valence-electron chi connectivity index (χ4n) is 5.46. The number of Topliss-reactive ketones (excluding diaryl/α,β-unsaturated/α-hetero) is 1. The van der Waals surface area contributed by atoms with Crippen LogP contribution >= 0.6 is 0 Å². The van der Waals surface area contributed by atoms with Crippen molar-refractivity contribution in [3.63, 3.8) is 0 Å². The van der Waals surface area contributed by atoms with E-state index in [4.69, 9.17) is 0 Å². The van der Waals surface area contributed by atoms with Gasteiger partial charge in [0.05, 0.1) is 11.3 Å². The van der Waals surface area contributed by atoms with Crippen molar-refractivity contribution < 1.29 is 22.8 Å². The molecule has 40 heavy (non-hydrogen) atoms. The Labute approximate surface area is 232 Å². The average molecular weight is 551 g/mol. The van der Waals surface area contributed by atoms with Crippen LogP contribution in [-0.4, -0.2) is 42.8 Å². The van der Waals surface area contributed by atoms with Crippen molar-refractivity contribution >= 4 is 34.4 Å². The largest absolute Gasteiger partial charge is 0.416 e. The van der Waals surface area contributed by atoms with Crippen molar-refractivity contribution in [3.8, 4) is 0 Å². The lowest BCUT2D eigenvalue weighted by molar-refractivity contribution is -0.137. The van der Waals surface area contributed by atoms with Gasteiger partial charge in [-0.3, -0.25) is 9.59 Å². The zero-order chi connectivity index (χ0) is 28.3. The minimum Gasteiger partial charge on any atom is -0.384 e. The van der Waals surface area contributed by atoms with E-state index in [2.05, 4.69) is 20.9 Å². The number of nitrogens with one attached hydrogen (secondary N) is 3. The number of ketones is 1. The maximum Gasteiger partial charge on any atom is 0.416 e. The quantitative estimate of drug-likeness (QED) is 0.281. The molecule has 3 aromatic rings. The van der Waals surface area contributed by atoms with E-state index < -0.39 is 11.7 Å². The monoisotopic (exact) mass is 550 g/mol. The standard InChI is InChI=1S/C31H33F3N4O2/c1-20-17-22(31(32,33)34)19-24(18-20)36-26-10-11-27(29-25(26)9-12-28(29)39)37-30(40)21-5-7-23(8-6-21)35-13-16-38-14-3-2-4-15-38/h5-8,10-11,17-19,35-36H,2-4,9,12-16H2,1H3,(H,37,40). The molecule has 0 aromatic heterocycles. The minimum absolute atomic E-state index is 0.109. The number of anilines is 4. The Kier molecular flexibility index (Phi) is 8.12. The molecule has 3 N–H and O–H groups in total. The van der Waals surface area contributed by atoms with Crippen LogP contribution in [0.1, 0.15) is 63.1 Å². The number of benzene rings is 3. The van der Waals surface area contributed by atoms with Crippen LogP contribution < -0.4 is 16.0 Å². The van der Waals surface area contributed by atoms with E-state index in [1.54, 1.807) is 37.3 Å². The molecule has 0 bridgehead atoms. The summed E-state index contributed by atoms with van der Waals surface area (Å²) < 4.78 is 39.9. The summed E-state index contributed by atoms with van der Waals surface area (Å²) in [5, 5.41) is 9.32. The van der Waals surface area contributed by atoms with Gasteiger partial charge in [0.2, 0.25) is 0 Å². The number of fused-ring (bicyclic) bond motifs is 1. The Morgan fingerprint density at radius 1 is 0.900 bits per heavy atom. The third-order valence-corrected chi connectivity index (χ3v) is 7.48. The highest BCUT2D eigenvalue weighted by atomic mass is 19.4. The summed E-state index contributed by atoms with van der Waals surface area (Å²) in [7, 11) is 0. The highest BCUT2D eigenvalue weighted by Crippen LogP contribution is 2.38. The second kappa shape index (κ2) is 11.7. The number of likely N-dealkylation sites (tertiary alicyclic amines) is 1. The lowest BCUT2D eigenvalue weighted by Gasteiger charge is -2.26. The van der Waals surface area contributed by atoms with Gasteiger partial charge >= 0.3 is 6.18 Å². The van der Waals surface area contributed by atoms with Crippen LogP contribution in [0.5, 0.6) is 0 Å². The summed E-state index contributed by atoms with van der Waals surface area (Å²) in [6.45, 7) is 5.72. The topological polar surface area (TPSA) is 73.5 Å². The average Bonchev–Trinajstić information content (AvgIpc) is 3.32. The van der Waals surface area contributed by atoms with Gasteiger partial charge in [0.1, 0.15) is 0 Å². The zero-order valence-corrected chi connectivity index (χ0v) is 22.5. The van der Waals surface area contributed by atoms with Gasteiger partial charge in [-0.2, -0.15) is 13.2 Å². The predicted octanol–water partition coefficient (Wildman–Crippen LogP) is 7.04. The lowest BCUT2D eigenvalue weighted by Crippen LogP contribution is -2.33. The fourth-order valence-corrected chi connectivity index (χ4v) is 5.46. The summed E-state index contributed by atoms with van der Waals surface area (Å²) in [5.41, 5.74) is 3.45. The third kappa shape index (κ3) is 6.47. The summed E-state index contributed by atoms with van der Waals surface area (Å²) >= 11 is 0. The van der Waals surface area contributed by atoms with E-state index in [9.17, 15) is 22.8 Å². The molecule has 0 spiro atoms. The SMILES string of the molecule is Cc1cc(Nc2ccc(NC(=O)c3ccc(NCCN4CCCCC4)cc3)c3c2CCC3=O)cc(C(F)(F)F)c1. The molecule has 9 heteroatoms. The molecule has 1 heterocycles. The summed E-state index contributed by atoms with van der Waals surface area (Å²) in [5.74, 6) is -0.446. The molecule has 0 atom stereocenters. The molecular weight excluding hydrogens is 517 g/mol. The molecular formula is C31H33F3N4O2. The van der Waals surface area contributed by atoms with Gasteiger partial charge in [0.25, 0.3) is 5.91 Å². The molecule has 3 aromatic carbocycles. The number of aryl methyl sites for hydroxylation is 1. The normalized spacial score (nSPS) is 15.6. The van der Waals surface area contributed by atoms with Crippen molar-refractivity contribution in [2.24, 2.45) is 0 Å². The molecule has 6 nitrogen and oxygen atoms in total. The number of amides is 1. The van der Waals surface area contributed by atoms with E-state index in [1.807, 2.05) is 12.1 Å². The molecule has 0 unspecified atom stereocenters. The van der Waals surface area contributed by atoms with E-state index >= 15 is 0 Å². The fraction of sp³-hybridized carbons (Fsp3) is 0.355. The van der Waals surface area contributed by atoms with Crippen LogP contribution in [-0.2, 0) is 12.6 Å². The summed E-state index contributed by atoms with van der Waals surface area (Å²) in [4.78, 5) is 28.3. The summed E-state index contributed by atoms with van der Waals surface area (Å²) in [6, 6.07) is 14.3. The number of carbonyl (C=O) groups is 2. The number of nitrogens with zero attached hydrogens (tertiary/aromatic N) is 1. The van der Waals surface area contributed by atoms with E-state index in [1.165, 1.54) is 19.3 Å². The molecule has 1 aliphatic carbocycles. The first kappa shape index (κ1) is 27.7. The number of hydrogen-bond donors (Lipinski definition) is 3. The molecule has 0 saturated carbocycles. The number of rotatable bonds is 8. The van der Waals surface area contributed by atoms with Gasteiger partial charge in [-0.15, -0.1) is 0 Å². The molecule has 1 fully saturated rings. The molecule has 5 rings (SSSR count). The molecule has 210 valence electrons. The van der Waals surface area contributed by atoms with E-state index in [0.29, 0.717) is 40.0 Å². The van der Waals surface area contributed by atoms with Crippen molar-refractivity contribution in [3.05, 3.63) is 82.4 Å². The van der Waals surface area contributed by atoms with Crippen LogP contribution in [0.4, 0.5) is 35.9 Å². The van der Waals surface area contributed by atoms with Crippen LogP contribution in [0, 0.1) is 6.92 Å². The van der Waals surface area contributed by atoms with Crippen molar-refractivity contribution in [2.45, 2.75) is 45.2 Å². The van der Waals surface area contributed by atoms with Gasteiger partial charge in [-0.25, -0.2) is 0 Å². The van der Waals surface area contributed by atoms with E-state index in [-0.39, 0.29) is 23.8 Å². The van der Waals surface area contributed by atoms with Gasteiger partial charge < -0.3 is 20.9 Å². The number of alkyl halides is 3. The van der Waals surface area contributed by atoms with Gasteiger partial charge in [-0.1, -0.05) is 6.42 Å². The Morgan fingerprint density at radius 2 is 1.62 bits per heavy atom. The van der Waals surface area contributed by atoms with Crippen LogP contribution in [0.25, 0.3) is 0 Å². The van der Waals surface area contributed by atoms with Crippen LogP contribution in [0.2, 0.25) is 0 Å².